The van der Waals surface area contributed by atoms with Crippen LogP contribution in [0.2, 0.25) is 0 Å². The number of hydrogen-bond acceptors (Lipinski definition) is 4. The molecule has 6 heteroatoms. The Labute approximate surface area is 176 Å². The van der Waals surface area contributed by atoms with Gasteiger partial charge in [0.25, 0.3) is 5.91 Å². The Morgan fingerprint density at radius 3 is 2.67 bits per heavy atom. The molecule has 0 unspecified atom stereocenters. The number of amides is 1. The Balaban J connectivity index is 1.73. The zero-order valence-electron chi connectivity index (χ0n) is 17.5. The van der Waals surface area contributed by atoms with Crippen molar-refractivity contribution < 1.29 is 9.53 Å². The van der Waals surface area contributed by atoms with Gasteiger partial charge in [0.15, 0.2) is 0 Å². The number of H-pyrrole nitrogens is 1. The predicted molar refractivity (Wildman–Crippen MR) is 119 cm³/mol. The Morgan fingerprint density at radius 1 is 1.23 bits per heavy atom. The van der Waals surface area contributed by atoms with Gasteiger partial charge in [-0.15, -0.1) is 0 Å². The number of likely N-dealkylation sites (N-methyl/N-ethyl adjacent to an activating group) is 1. The molecule has 0 saturated heterocycles. The highest BCUT2D eigenvalue weighted by atomic mass is 16.5. The molecule has 0 spiro atoms. The fourth-order valence-corrected chi connectivity index (χ4v) is 3.17. The van der Waals surface area contributed by atoms with E-state index in [4.69, 9.17) is 4.74 Å². The van der Waals surface area contributed by atoms with Crippen LogP contribution in [0.3, 0.4) is 0 Å². The molecule has 3 rings (SSSR count). The monoisotopic (exact) mass is 402 g/mol. The molecule has 0 saturated carbocycles. The molecule has 0 radical (unpaired) electrons. The zero-order chi connectivity index (χ0) is 21.5. The lowest BCUT2D eigenvalue weighted by Gasteiger charge is -2.08. The van der Waals surface area contributed by atoms with E-state index in [0.29, 0.717) is 6.54 Å². The van der Waals surface area contributed by atoms with Crippen molar-refractivity contribution in [1.29, 1.82) is 5.26 Å². The van der Waals surface area contributed by atoms with Crippen molar-refractivity contribution in [2.24, 2.45) is 0 Å². The highest BCUT2D eigenvalue weighted by Crippen LogP contribution is 2.22. The molecule has 30 heavy (non-hydrogen) atoms. The highest BCUT2D eigenvalue weighted by Gasteiger charge is 2.10. The lowest BCUT2D eigenvalue weighted by molar-refractivity contribution is -0.117. The summed E-state index contributed by atoms with van der Waals surface area (Å²) in [6.45, 7) is 1.29. The molecule has 0 bridgehead atoms. The standard InChI is InChI=1S/C24H26N4O2/c1-28(2)11-10-19-16-26-23-9-6-18(13-22(19)23)12-20(14-25)24(29)27-15-17-4-7-21(30-3)8-5-17/h4-9,12-13,16,26H,10-11,15H2,1-3H3,(H,27,29)/b20-12-. The van der Waals surface area contributed by atoms with Gasteiger partial charge in [0.05, 0.1) is 7.11 Å². The van der Waals surface area contributed by atoms with E-state index in [1.807, 2.05) is 68.8 Å². The number of nitriles is 1. The van der Waals surface area contributed by atoms with Crippen LogP contribution in [-0.2, 0) is 17.8 Å². The predicted octanol–water partition coefficient (Wildman–Crippen LogP) is 3.50. The number of hydrogen-bond donors (Lipinski definition) is 2. The van der Waals surface area contributed by atoms with Crippen LogP contribution < -0.4 is 10.1 Å². The second kappa shape index (κ2) is 9.77. The molecule has 0 aliphatic heterocycles. The largest absolute Gasteiger partial charge is 0.497 e. The second-order valence-electron chi connectivity index (χ2n) is 7.37. The molecular formula is C24H26N4O2. The third-order valence-electron chi connectivity index (χ3n) is 4.91. The van der Waals surface area contributed by atoms with E-state index >= 15 is 0 Å². The number of aromatic nitrogens is 1. The number of carbonyl (C=O) groups is 1. The van der Waals surface area contributed by atoms with Gasteiger partial charge in [0.1, 0.15) is 17.4 Å². The number of ether oxygens (including phenoxy) is 1. The van der Waals surface area contributed by atoms with Gasteiger partial charge >= 0.3 is 0 Å². The minimum Gasteiger partial charge on any atom is -0.497 e. The summed E-state index contributed by atoms with van der Waals surface area (Å²) >= 11 is 0. The molecule has 0 aliphatic carbocycles. The molecule has 1 amide bonds. The molecular weight excluding hydrogens is 376 g/mol. The van der Waals surface area contributed by atoms with Crippen molar-refractivity contribution in [3.05, 3.63) is 70.9 Å². The first-order valence-corrected chi connectivity index (χ1v) is 9.78. The SMILES string of the molecule is COc1ccc(CNC(=O)/C(C#N)=C\c2ccc3[nH]cc(CCN(C)C)c3c2)cc1. The third kappa shape index (κ3) is 5.28. The van der Waals surface area contributed by atoms with Crippen molar-refractivity contribution in [3.63, 3.8) is 0 Å². The summed E-state index contributed by atoms with van der Waals surface area (Å²) in [6, 6.07) is 15.3. The van der Waals surface area contributed by atoms with E-state index in [-0.39, 0.29) is 5.57 Å². The molecule has 2 aromatic carbocycles. The van der Waals surface area contributed by atoms with Crippen LogP contribution in [0.4, 0.5) is 0 Å². The average Bonchev–Trinajstić information content (AvgIpc) is 3.17. The molecule has 154 valence electrons. The Kier molecular flexibility index (Phi) is 6.89. The summed E-state index contributed by atoms with van der Waals surface area (Å²) in [7, 11) is 5.70. The second-order valence-corrected chi connectivity index (χ2v) is 7.37. The fourth-order valence-electron chi connectivity index (χ4n) is 3.17. The van der Waals surface area contributed by atoms with Gasteiger partial charge in [-0.3, -0.25) is 4.79 Å². The molecule has 0 aliphatic rings. The fraction of sp³-hybridized carbons (Fsp3) is 0.250. The number of methoxy groups -OCH3 is 1. The first-order chi connectivity index (χ1) is 14.5. The Hall–Kier alpha value is -3.56. The van der Waals surface area contributed by atoms with Crippen molar-refractivity contribution in [3.8, 4) is 11.8 Å². The van der Waals surface area contributed by atoms with Crippen LogP contribution in [-0.4, -0.2) is 43.5 Å². The Morgan fingerprint density at radius 2 is 2.00 bits per heavy atom. The van der Waals surface area contributed by atoms with Crippen molar-refractivity contribution in [2.75, 3.05) is 27.7 Å². The molecule has 0 atom stereocenters. The van der Waals surface area contributed by atoms with E-state index in [2.05, 4.69) is 15.2 Å². The van der Waals surface area contributed by atoms with Gasteiger partial charge in [-0.2, -0.15) is 5.26 Å². The molecule has 2 N–H and O–H groups in total. The molecule has 1 aromatic heterocycles. The van der Waals surface area contributed by atoms with Crippen molar-refractivity contribution in [1.82, 2.24) is 15.2 Å². The smallest absolute Gasteiger partial charge is 0.262 e. The van der Waals surface area contributed by atoms with Gasteiger partial charge in [-0.25, -0.2) is 0 Å². The quantitative estimate of drug-likeness (QED) is 0.446. The van der Waals surface area contributed by atoms with Crippen LogP contribution in [0.15, 0.2) is 54.2 Å². The number of fused-ring (bicyclic) bond motifs is 1. The maximum atomic E-state index is 12.5. The molecule has 6 nitrogen and oxygen atoms in total. The summed E-state index contributed by atoms with van der Waals surface area (Å²) in [5.74, 6) is 0.364. The molecule has 3 aromatic rings. The van der Waals surface area contributed by atoms with Gasteiger partial charge in [0.2, 0.25) is 0 Å². The topological polar surface area (TPSA) is 81.1 Å². The molecule has 1 heterocycles. The van der Waals surface area contributed by atoms with Crippen molar-refractivity contribution >= 4 is 22.9 Å². The molecule has 0 fully saturated rings. The van der Waals surface area contributed by atoms with Crippen LogP contribution in [0.5, 0.6) is 5.75 Å². The van der Waals surface area contributed by atoms with E-state index in [1.54, 1.807) is 13.2 Å². The maximum Gasteiger partial charge on any atom is 0.262 e. The van der Waals surface area contributed by atoms with Crippen molar-refractivity contribution in [2.45, 2.75) is 13.0 Å². The highest BCUT2D eigenvalue weighted by molar-refractivity contribution is 6.02. The van der Waals surface area contributed by atoms with Crippen LogP contribution in [0, 0.1) is 11.3 Å². The van der Waals surface area contributed by atoms with E-state index in [0.717, 1.165) is 40.7 Å². The summed E-state index contributed by atoms with van der Waals surface area (Å²) in [6.07, 6.45) is 4.58. The van der Waals surface area contributed by atoms with Crippen LogP contribution in [0.1, 0.15) is 16.7 Å². The number of carbonyl (C=O) groups excluding carboxylic acids is 1. The lowest BCUT2D eigenvalue weighted by Crippen LogP contribution is -2.23. The normalized spacial score (nSPS) is 11.5. The number of aromatic amines is 1. The zero-order valence-corrected chi connectivity index (χ0v) is 17.5. The summed E-state index contributed by atoms with van der Waals surface area (Å²) in [5, 5.41) is 13.4. The average molecular weight is 402 g/mol. The lowest BCUT2D eigenvalue weighted by atomic mass is 10.0. The first kappa shape index (κ1) is 21.2. The maximum absolute atomic E-state index is 12.5. The summed E-state index contributed by atoms with van der Waals surface area (Å²) in [5.41, 5.74) is 4.10. The van der Waals surface area contributed by atoms with Gasteiger partial charge in [-0.05, 0) is 67.5 Å². The minimum absolute atomic E-state index is 0.0771. The van der Waals surface area contributed by atoms with Gasteiger partial charge in [0, 0.05) is 30.2 Å². The van der Waals surface area contributed by atoms with Crippen LogP contribution in [0.25, 0.3) is 17.0 Å². The van der Waals surface area contributed by atoms with E-state index in [9.17, 15) is 10.1 Å². The number of rotatable bonds is 8. The van der Waals surface area contributed by atoms with Gasteiger partial charge in [-0.1, -0.05) is 18.2 Å². The minimum atomic E-state index is -0.393. The van der Waals surface area contributed by atoms with E-state index < -0.39 is 5.91 Å². The third-order valence-corrected chi connectivity index (χ3v) is 4.91. The number of nitrogens with one attached hydrogen (secondary N) is 2. The van der Waals surface area contributed by atoms with Gasteiger partial charge < -0.3 is 19.9 Å². The summed E-state index contributed by atoms with van der Waals surface area (Å²) in [4.78, 5) is 17.9. The summed E-state index contributed by atoms with van der Waals surface area (Å²) < 4.78 is 5.13. The Bertz CT molecular complexity index is 1090. The number of benzene rings is 2. The van der Waals surface area contributed by atoms with Crippen LogP contribution >= 0.6 is 0 Å². The van der Waals surface area contributed by atoms with E-state index in [1.165, 1.54) is 5.56 Å². The first-order valence-electron chi connectivity index (χ1n) is 9.78. The number of nitrogens with zero attached hydrogens (tertiary/aromatic N) is 2.